The smallest absolute Gasteiger partial charge is 0.209 e. The number of benzene rings is 2. The van der Waals surface area contributed by atoms with E-state index in [9.17, 15) is 9.59 Å². The van der Waals surface area contributed by atoms with E-state index in [2.05, 4.69) is 4.98 Å². The number of hydrogen-bond donors (Lipinski definition) is 1. The normalized spacial score (nSPS) is 10.3. The zero-order valence-electron chi connectivity index (χ0n) is 12.6. The van der Waals surface area contributed by atoms with Gasteiger partial charge in [0.15, 0.2) is 5.78 Å². The molecule has 0 atom stereocenters. The number of hydrogen-bond acceptors (Lipinski definition) is 3. The van der Waals surface area contributed by atoms with Gasteiger partial charge < -0.3 is 9.72 Å². The number of methoxy groups -OCH3 is 1. The van der Waals surface area contributed by atoms with Crippen molar-refractivity contribution in [2.45, 2.75) is 0 Å². The van der Waals surface area contributed by atoms with Crippen LogP contribution in [0.1, 0.15) is 32.0 Å². The van der Waals surface area contributed by atoms with Gasteiger partial charge in [-0.05, 0) is 30.3 Å². The minimum Gasteiger partial charge on any atom is -0.497 e. The summed E-state index contributed by atoms with van der Waals surface area (Å²) in [5.41, 5.74) is 1.98. The monoisotopic (exact) mass is 305 g/mol. The van der Waals surface area contributed by atoms with Crippen molar-refractivity contribution in [1.82, 2.24) is 4.98 Å². The van der Waals surface area contributed by atoms with E-state index in [0.29, 0.717) is 28.1 Å². The molecular formula is C19H15NO3. The largest absolute Gasteiger partial charge is 0.497 e. The van der Waals surface area contributed by atoms with E-state index < -0.39 is 0 Å². The molecule has 1 aromatic heterocycles. The molecule has 3 aromatic rings. The van der Waals surface area contributed by atoms with Crippen LogP contribution in [0.15, 0.2) is 66.9 Å². The first kappa shape index (κ1) is 14.8. The average Bonchev–Trinajstić information content (AvgIpc) is 3.11. The lowest BCUT2D eigenvalue weighted by atomic mass is 10.0. The average molecular weight is 305 g/mol. The fourth-order valence-corrected chi connectivity index (χ4v) is 2.31. The van der Waals surface area contributed by atoms with Crippen molar-refractivity contribution in [2.24, 2.45) is 0 Å². The predicted molar refractivity (Wildman–Crippen MR) is 87.1 cm³/mol. The third kappa shape index (κ3) is 3.06. The van der Waals surface area contributed by atoms with Crippen LogP contribution in [0.2, 0.25) is 0 Å². The fourth-order valence-electron chi connectivity index (χ4n) is 2.31. The number of nitrogens with one attached hydrogen (secondary N) is 1. The molecule has 0 unspecified atom stereocenters. The van der Waals surface area contributed by atoms with Gasteiger partial charge in [-0.2, -0.15) is 0 Å². The maximum absolute atomic E-state index is 12.4. The summed E-state index contributed by atoms with van der Waals surface area (Å²) in [6.45, 7) is 0. The highest BCUT2D eigenvalue weighted by atomic mass is 16.5. The number of H-pyrrole nitrogens is 1. The first-order chi connectivity index (χ1) is 11.2. The van der Waals surface area contributed by atoms with Gasteiger partial charge in [-0.1, -0.05) is 30.3 Å². The molecule has 0 fully saturated rings. The van der Waals surface area contributed by atoms with E-state index in [1.54, 1.807) is 67.9 Å². The van der Waals surface area contributed by atoms with E-state index in [1.165, 1.54) is 0 Å². The Kier molecular flexibility index (Phi) is 4.06. The lowest BCUT2D eigenvalue weighted by molar-refractivity contribution is 0.103. The van der Waals surface area contributed by atoms with Crippen molar-refractivity contribution in [3.8, 4) is 5.75 Å². The molecule has 0 radical (unpaired) electrons. The number of aromatic amines is 1. The van der Waals surface area contributed by atoms with Crippen LogP contribution in [0.5, 0.6) is 5.75 Å². The Hall–Kier alpha value is -3.14. The van der Waals surface area contributed by atoms with Crippen LogP contribution >= 0.6 is 0 Å². The highest BCUT2D eigenvalue weighted by Gasteiger charge is 2.15. The van der Waals surface area contributed by atoms with Crippen LogP contribution in [-0.4, -0.2) is 23.7 Å². The number of carbonyl (C=O) groups is 2. The van der Waals surface area contributed by atoms with Gasteiger partial charge in [-0.15, -0.1) is 0 Å². The molecule has 0 aliphatic rings. The standard InChI is InChI=1S/C19H15NO3/c1-23-16-9-7-14(8-10-16)18(21)15-11-17(20-12-15)19(22)13-5-3-2-4-6-13/h2-12,20H,1H3. The van der Waals surface area contributed by atoms with Gasteiger partial charge in [0, 0.05) is 22.9 Å². The first-order valence-electron chi connectivity index (χ1n) is 7.16. The Labute approximate surface area is 133 Å². The summed E-state index contributed by atoms with van der Waals surface area (Å²) in [5.74, 6) is 0.408. The van der Waals surface area contributed by atoms with Crippen LogP contribution in [-0.2, 0) is 0 Å². The Morgan fingerprint density at radius 1 is 0.826 bits per heavy atom. The second-order valence-electron chi connectivity index (χ2n) is 5.05. The van der Waals surface area contributed by atoms with Crippen molar-refractivity contribution >= 4 is 11.6 Å². The van der Waals surface area contributed by atoms with Crippen molar-refractivity contribution in [3.05, 3.63) is 89.2 Å². The van der Waals surface area contributed by atoms with Gasteiger partial charge in [0.05, 0.1) is 12.8 Å². The molecule has 0 aliphatic heterocycles. The number of ether oxygens (including phenoxy) is 1. The van der Waals surface area contributed by atoms with Gasteiger partial charge in [0.2, 0.25) is 5.78 Å². The summed E-state index contributed by atoms with van der Waals surface area (Å²) in [5, 5.41) is 0. The summed E-state index contributed by atoms with van der Waals surface area (Å²) in [6, 6.07) is 17.4. The minimum absolute atomic E-state index is 0.139. The Balaban J connectivity index is 1.83. The van der Waals surface area contributed by atoms with Gasteiger partial charge in [-0.3, -0.25) is 9.59 Å². The highest BCUT2D eigenvalue weighted by Crippen LogP contribution is 2.17. The van der Waals surface area contributed by atoms with Gasteiger partial charge >= 0.3 is 0 Å². The summed E-state index contributed by atoms with van der Waals surface area (Å²) in [4.78, 5) is 27.7. The Bertz CT molecular complexity index is 833. The Morgan fingerprint density at radius 2 is 1.48 bits per heavy atom. The lowest BCUT2D eigenvalue weighted by Crippen LogP contribution is -2.02. The van der Waals surface area contributed by atoms with Crippen LogP contribution < -0.4 is 4.74 Å². The molecule has 2 aromatic carbocycles. The van der Waals surface area contributed by atoms with Crippen LogP contribution in [0.25, 0.3) is 0 Å². The topological polar surface area (TPSA) is 59.2 Å². The van der Waals surface area contributed by atoms with Crippen LogP contribution in [0.3, 0.4) is 0 Å². The SMILES string of the molecule is COc1ccc(C(=O)c2c[nH]c(C(=O)c3ccccc3)c2)cc1. The summed E-state index contributed by atoms with van der Waals surface area (Å²) >= 11 is 0. The van der Waals surface area contributed by atoms with Crippen LogP contribution in [0.4, 0.5) is 0 Å². The number of ketones is 2. The van der Waals surface area contributed by atoms with E-state index in [1.807, 2.05) is 6.07 Å². The summed E-state index contributed by atoms with van der Waals surface area (Å²) < 4.78 is 5.08. The molecule has 23 heavy (non-hydrogen) atoms. The van der Waals surface area contributed by atoms with Gasteiger partial charge in [0.1, 0.15) is 5.75 Å². The molecule has 0 saturated heterocycles. The molecule has 0 aliphatic carbocycles. The number of rotatable bonds is 5. The van der Waals surface area contributed by atoms with E-state index in [4.69, 9.17) is 4.74 Å². The summed E-state index contributed by atoms with van der Waals surface area (Å²) in [6.07, 6.45) is 1.56. The van der Waals surface area contributed by atoms with Crippen molar-refractivity contribution in [2.75, 3.05) is 7.11 Å². The molecule has 1 N–H and O–H groups in total. The lowest BCUT2D eigenvalue weighted by Gasteiger charge is -2.01. The fraction of sp³-hybridized carbons (Fsp3) is 0.0526. The molecule has 4 heteroatoms. The molecule has 4 nitrogen and oxygen atoms in total. The molecule has 3 rings (SSSR count). The molecule has 0 saturated carbocycles. The molecular weight excluding hydrogens is 290 g/mol. The summed E-state index contributed by atoms with van der Waals surface area (Å²) in [7, 11) is 1.57. The van der Waals surface area contributed by atoms with E-state index in [0.717, 1.165) is 0 Å². The van der Waals surface area contributed by atoms with Gasteiger partial charge in [0.25, 0.3) is 0 Å². The Morgan fingerprint density at radius 3 is 2.13 bits per heavy atom. The van der Waals surface area contributed by atoms with Gasteiger partial charge in [-0.25, -0.2) is 0 Å². The van der Waals surface area contributed by atoms with Crippen molar-refractivity contribution < 1.29 is 14.3 Å². The van der Waals surface area contributed by atoms with Crippen molar-refractivity contribution in [1.29, 1.82) is 0 Å². The maximum Gasteiger partial charge on any atom is 0.209 e. The minimum atomic E-state index is -0.143. The van der Waals surface area contributed by atoms with E-state index >= 15 is 0 Å². The molecule has 0 amide bonds. The molecule has 0 bridgehead atoms. The highest BCUT2D eigenvalue weighted by molar-refractivity contribution is 6.12. The second kappa shape index (κ2) is 6.32. The predicted octanol–water partition coefficient (Wildman–Crippen LogP) is 3.49. The van der Waals surface area contributed by atoms with Crippen molar-refractivity contribution in [3.63, 3.8) is 0 Å². The maximum atomic E-state index is 12.4. The third-order valence-electron chi connectivity index (χ3n) is 3.58. The molecule has 0 spiro atoms. The van der Waals surface area contributed by atoms with E-state index in [-0.39, 0.29) is 11.6 Å². The third-order valence-corrected chi connectivity index (χ3v) is 3.58. The molecule has 114 valence electrons. The second-order valence-corrected chi connectivity index (χ2v) is 5.05. The zero-order valence-corrected chi connectivity index (χ0v) is 12.6. The number of aromatic nitrogens is 1. The zero-order chi connectivity index (χ0) is 16.2. The molecule has 1 heterocycles. The first-order valence-corrected chi connectivity index (χ1v) is 7.16. The quantitative estimate of drug-likeness (QED) is 0.734. The van der Waals surface area contributed by atoms with Crippen LogP contribution in [0, 0.1) is 0 Å². The number of carbonyl (C=O) groups excluding carboxylic acids is 2.